The van der Waals surface area contributed by atoms with E-state index in [1.807, 2.05) is 15.8 Å². The Morgan fingerprint density at radius 3 is 2.69 bits per heavy atom. The van der Waals surface area contributed by atoms with Gasteiger partial charge in [0.05, 0.1) is 5.60 Å². The van der Waals surface area contributed by atoms with Crippen molar-refractivity contribution in [1.29, 1.82) is 0 Å². The highest BCUT2D eigenvalue weighted by Gasteiger charge is 2.35. The van der Waals surface area contributed by atoms with Crippen LogP contribution >= 0.6 is 0 Å². The van der Waals surface area contributed by atoms with Crippen LogP contribution in [0.5, 0.6) is 0 Å². The van der Waals surface area contributed by atoms with Gasteiger partial charge in [-0.1, -0.05) is 6.92 Å². The van der Waals surface area contributed by atoms with Crippen LogP contribution in [0.1, 0.15) is 62.9 Å². The first-order valence-corrected chi connectivity index (χ1v) is 10.9. The molecule has 0 bridgehead atoms. The third-order valence-electron chi connectivity index (χ3n) is 6.03. The molecule has 2 amide bonds. The van der Waals surface area contributed by atoms with Gasteiger partial charge in [-0.15, -0.1) is 0 Å². The van der Waals surface area contributed by atoms with E-state index in [2.05, 4.69) is 22.2 Å². The molecule has 1 aromatic rings. The molecule has 2 fully saturated rings. The lowest BCUT2D eigenvalue weighted by atomic mass is 9.93. The number of hydrogen-bond donors (Lipinski definition) is 2. The fourth-order valence-corrected chi connectivity index (χ4v) is 4.47. The molecule has 2 N–H and O–H groups in total. The summed E-state index contributed by atoms with van der Waals surface area (Å²) in [6.07, 6.45) is 6.75. The van der Waals surface area contributed by atoms with Gasteiger partial charge in [0.2, 0.25) is 5.91 Å². The summed E-state index contributed by atoms with van der Waals surface area (Å²) < 4.78 is 1.81. The van der Waals surface area contributed by atoms with E-state index in [-0.39, 0.29) is 17.9 Å². The molecular weight excluding hydrogens is 370 g/mol. The van der Waals surface area contributed by atoms with Gasteiger partial charge in [-0.2, -0.15) is 5.10 Å². The maximum atomic E-state index is 12.8. The average molecular weight is 406 g/mol. The van der Waals surface area contributed by atoms with E-state index in [4.69, 9.17) is 0 Å². The lowest BCUT2D eigenvalue weighted by molar-refractivity contribution is -0.120. The number of aromatic nitrogens is 2. The van der Waals surface area contributed by atoms with Crippen molar-refractivity contribution in [2.45, 2.75) is 70.6 Å². The highest BCUT2D eigenvalue weighted by atomic mass is 16.3. The molecule has 29 heavy (non-hydrogen) atoms. The third kappa shape index (κ3) is 6.02. The second-order valence-corrected chi connectivity index (χ2v) is 8.59. The Morgan fingerprint density at radius 1 is 1.24 bits per heavy atom. The van der Waals surface area contributed by atoms with E-state index in [9.17, 15) is 14.7 Å². The zero-order valence-corrected chi connectivity index (χ0v) is 17.8. The van der Waals surface area contributed by atoms with Crippen LogP contribution in [0.4, 0.5) is 0 Å². The normalized spacial score (nSPS) is 24.3. The van der Waals surface area contributed by atoms with Gasteiger partial charge >= 0.3 is 0 Å². The monoisotopic (exact) mass is 405 g/mol. The summed E-state index contributed by atoms with van der Waals surface area (Å²) in [6, 6.07) is 2.03. The standard InChI is InChI=1S/C21H35N5O3/c1-3-10-26-14-7-19(23-26)20(28)25-11-4-8-21(29,9-15-25)16-24-12-5-18(6-13-24)22-17(2)27/h7,14,18,29H,3-6,8-13,15-16H2,1-2H3,(H,22,27)/t21-/m1/s1. The highest BCUT2D eigenvalue weighted by molar-refractivity contribution is 5.92. The SMILES string of the molecule is CCCn1ccc(C(=O)N2CCC[C@](O)(CN3CCC(NC(C)=O)CC3)CC2)n1. The summed E-state index contributed by atoms with van der Waals surface area (Å²) in [7, 11) is 0. The number of aryl methyl sites for hydroxylation is 1. The molecule has 0 spiro atoms. The van der Waals surface area contributed by atoms with Gasteiger partial charge in [-0.25, -0.2) is 0 Å². The number of carbonyl (C=O) groups excluding carboxylic acids is 2. The van der Waals surface area contributed by atoms with Crippen molar-refractivity contribution >= 4 is 11.8 Å². The molecular formula is C21H35N5O3. The lowest BCUT2D eigenvalue weighted by Gasteiger charge is -2.38. The van der Waals surface area contributed by atoms with E-state index in [1.165, 1.54) is 0 Å². The van der Waals surface area contributed by atoms with Crippen LogP contribution in [0.2, 0.25) is 0 Å². The molecule has 1 atom stereocenters. The van der Waals surface area contributed by atoms with Crippen molar-refractivity contribution < 1.29 is 14.7 Å². The minimum Gasteiger partial charge on any atom is -0.388 e. The first-order chi connectivity index (χ1) is 13.9. The minimum atomic E-state index is -0.766. The largest absolute Gasteiger partial charge is 0.388 e. The van der Waals surface area contributed by atoms with Gasteiger partial charge in [-0.05, 0) is 44.6 Å². The van der Waals surface area contributed by atoms with Crippen LogP contribution in [-0.4, -0.2) is 80.9 Å². The number of aliphatic hydroxyl groups is 1. The van der Waals surface area contributed by atoms with Gasteiger partial charge in [0.1, 0.15) is 5.69 Å². The zero-order valence-electron chi connectivity index (χ0n) is 17.8. The number of rotatable bonds is 6. The molecule has 162 valence electrons. The molecule has 0 aliphatic carbocycles. The van der Waals surface area contributed by atoms with Crippen molar-refractivity contribution in [2.75, 3.05) is 32.7 Å². The maximum absolute atomic E-state index is 12.8. The fraction of sp³-hybridized carbons (Fsp3) is 0.762. The van der Waals surface area contributed by atoms with Gasteiger partial charge < -0.3 is 20.2 Å². The Bertz CT molecular complexity index is 698. The predicted molar refractivity (Wildman–Crippen MR) is 111 cm³/mol. The van der Waals surface area contributed by atoms with Gasteiger partial charge in [0.15, 0.2) is 0 Å². The van der Waals surface area contributed by atoms with Crippen molar-refractivity contribution in [3.8, 4) is 0 Å². The first kappa shape index (κ1) is 21.8. The summed E-state index contributed by atoms with van der Waals surface area (Å²) in [5, 5.41) is 18.6. The number of hydrogen-bond acceptors (Lipinski definition) is 5. The number of nitrogens with zero attached hydrogens (tertiary/aromatic N) is 4. The number of amides is 2. The van der Waals surface area contributed by atoms with Crippen LogP contribution in [0.25, 0.3) is 0 Å². The lowest BCUT2D eigenvalue weighted by Crippen LogP contribution is -2.50. The van der Waals surface area contributed by atoms with E-state index in [0.717, 1.165) is 45.3 Å². The molecule has 8 heteroatoms. The van der Waals surface area contributed by atoms with E-state index in [0.29, 0.717) is 38.2 Å². The average Bonchev–Trinajstić information content (AvgIpc) is 3.05. The van der Waals surface area contributed by atoms with Crippen LogP contribution < -0.4 is 5.32 Å². The van der Waals surface area contributed by atoms with E-state index < -0.39 is 5.60 Å². The van der Waals surface area contributed by atoms with Crippen LogP contribution in [0.3, 0.4) is 0 Å². The van der Waals surface area contributed by atoms with Crippen LogP contribution in [0.15, 0.2) is 12.3 Å². The summed E-state index contributed by atoms with van der Waals surface area (Å²) in [5.74, 6) is -0.0182. The molecule has 3 heterocycles. The summed E-state index contributed by atoms with van der Waals surface area (Å²) in [4.78, 5) is 28.2. The molecule has 2 saturated heterocycles. The van der Waals surface area contributed by atoms with Crippen molar-refractivity contribution in [1.82, 2.24) is 24.9 Å². The Kier molecular flexibility index (Phi) is 7.29. The smallest absolute Gasteiger partial charge is 0.274 e. The molecule has 0 unspecified atom stereocenters. The number of β-amino-alcohol motifs (C(OH)–C–C–N with tert-alkyl or cyclic N) is 1. The third-order valence-corrected chi connectivity index (χ3v) is 6.03. The van der Waals surface area contributed by atoms with Crippen molar-refractivity contribution in [2.24, 2.45) is 0 Å². The molecule has 2 aliphatic rings. The maximum Gasteiger partial charge on any atom is 0.274 e. The first-order valence-electron chi connectivity index (χ1n) is 10.9. The van der Waals surface area contributed by atoms with Crippen molar-refractivity contribution in [3.63, 3.8) is 0 Å². The minimum absolute atomic E-state index is 0.0233. The fourth-order valence-electron chi connectivity index (χ4n) is 4.47. The van der Waals surface area contributed by atoms with Gasteiger partial charge in [0, 0.05) is 58.4 Å². The zero-order chi connectivity index (χ0) is 20.9. The second kappa shape index (κ2) is 9.71. The highest BCUT2D eigenvalue weighted by Crippen LogP contribution is 2.26. The number of nitrogens with one attached hydrogen (secondary N) is 1. The summed E-state index contributed by atoms with van der Waals surface area (Å²) >= 11 is 0. The van der Waals surface area contributed by atoms with Gasteiger partial charge in [0.25, 0.3) is 5.91 Å². The molecule has 0 radical (unpaired) electrons. The van der Waals surface area contributed by atoms with E-state index in [1.54, 1.807) is 13.0 Å². The number of carbonyl (C=O) groups is 2. The topological polar surface area (TPSA) is 90.7 Å². The Balaban J connectivity index is 1.50. The number of likely N-dealkylation sites (tertiary alicyclic amines) is 2. The van der Waals surface area contributed by atoms with Gasteiger partial charge in [-0.3, -0.25) is 14.3 Å². The summed E-state index contributed by atoms with van der Waals surface area (Å²) in [5.41, 5.74) is -0.277. The molecule has 2 aliphatic heterocycles. The molecule has 0 aromatic carbocycles. The predicted octanol–water partition coefficient (Wildman–Crippen LogP) is 1.25. The van der Waals surface area contributed by atoms with Crippen molar-refractivity contribution in [3.05, 3.63) is 18.0 Å². The van der Waals surface area contributed by atoms with E-state index >= 15 is 0 Å². The second-order valence-electron chi connectivity index (χ2n) is 8.59. The Hall–Kier alpha value is -1.93. The molecule has 3 rings (SSSR count). The quantitative estimate of drug-likeness (QED) is 0.743. The van der Waals surface area contributed by atoms with Crippen LogP contribution in [0, 0.1) is 0 Å². The number of piperidine rings is 1. The molecule has 1 aromatic heterocycles. The van der Waals surface area contributed by atoms with Crippen LogP contribution in [-0.2, 0) is 11.3 Å². The molecule has 0 saturated carbocycles. The Morgan fingerprint density at radius 2 is 2.00 bits per heavy atom. The Labute approximate surface area is 173 Å². The molecule has 8 nitrogen and oxygen atoms in total. The summed E-state index contributed by atoms with van der Waals surface area (Å²) in [6.45, 7) is 8.06.